The third-order valence-corrected chi connectivity index (χ3v) is 5.67. The maximum Gasteiger partial charge on any atom is 0.169 e. The second-order valence-electron chi connectivity index (χ2n) is 6.88. The van der Waals surface area contributed by atoms with Crippen LogP contribution in [-0.4, -0.2) is 44.9 Å². The van der Waals surface area contributed by atoms with Gasteiger partial charge in [0.05, 0.1) is 21.3 Å². The standard InChI is InChI=1S/C20H24N2O4/c1-22-6-5-10-7-15(25-3)20(26-4)18-16(10)13(22)8-11-12(21)9-14(24-2)19(23)17(11)18/h7,9,13,23H,5-6,8,21H2,1-4H3. The Balaban J connectivity index is 2.15. The highest BCUT2D eigenvalue weighted by Gasteiger charge is 2.39. The highest BCUT2D eigenvalue weighted by molar-refractivity contribution is 5.91. The maximum atomic E-state index is 10.9. The molecule has 2 aromatic rings. The molecule has 1 heterocycles. The minimum Gasteiger partial charge on any atom is -0.504 e. The summed E-state index contributed by atoms with van der Waals surface area (Å²) in [7, 11) is 6.90. The second-order valence-corrected chi connectivity index (χ2v) is 6.88. The summed E-state index contributed by atoms with van der Waals surface area (Å²) in [5, 5.41) is 10.9. The minimum atomic E-state index is 0.0946. The van der Waals surface area contributed by atoms with Gasteiger partial charge in [-0.15, -0.1) is 0 Å². The van der Waals surface area contributed by atoms with Gasteiger partial charge >= 0.3 is 0 Å². The van der Waals surface area contributed by atoms with Gasteiger partial charge in [0.15, 0.2) is 23.0 Å². The highest BCUT2D eigenvalue weighted by atomic mass is 16.5. The fourth-order valence-electron chi connectivity index (χ4n) is 4.37. The topological polar surface area (TPSA) is 77.2 Å². The lowest BCUT2D eigenvalue weighted by atomic mass is 9.75. The zero-order chi connectivity index (χ0) is 18.6. The molecule has 0 saturated carbocycles. The number of fused-ring (bicyclic) bond motifs is 2. The summed E-state index contributed by atoms with van der Waals surface area (Å²) in [5.74, 6) is 1.74. The smallest absolute Gasteiger partial charge is 0.169 e. The predicted molar refractivity (Wildman–Crippen MR) is 100 cm³/mol. The van der Waals surface area contributed by atoms with E-state index in [9.17, 15) is 5.11 Å². The first-order valence-electron chi connectivity index (χ1n) is 8.68. The molecule has 6 nitrogen and oxygen atoms in total. The number of methoxy groups -OCH3 is 3. The molecule has 0 bridgehead atoms. The van der Waals surface area contributed by atoms with Crippen molar-refractivity contribution in [2.24, 2.45) is 0 Å². The second kappa shape index (κ2) is 5.99. The Morgan fingerprint density at radius 3 is 2.46 bits per heavy atom. The summed E-state index contributed by atoms with van der Waals surface area (Å²) >= 11 is 0. The number of likely N-dealkylation sites (N-methyl/N-ethyl adjacent to an activating group) is 1. The number of rotatable bonds is 3. The van der Waals surface area contributed by atoms with E-state index >= 15 is 0 Å². The lowest BCUT2D eigenvalue weighted by molar-refractivity contribution is 0.226. The molecule has 3 N–H and O–H groups in total. The Hall–Kier alpha value is -2.60. The van der Waals surface area contributed by atoms with E-state index in [2.05, 4.69) is 18.0 Å². The zero-order valence-electron chi connectivity index (χ0n) is 15.5. The molecule has 6 heteroatoms. The van der Waals surface area contributed by atoms with Crippen molar-refractivity contribution in [1.29, 1.82) is 0 Å². The Morgan fingerprint density at radius 1 is 1.08 bits per heavy atom. The van der Waals surface area contributed by atoms with Gasteiger partial charge in [-0.3, -0.25) is 4.90 Å². The highest BCUT2D eigenvalue weighted by Crippen LogP contribution is 2.57. The number of hydrogen-bond donors (Lipinski definition) is 2. The lowest BCUT2D eigenvalue weighted by Gasteiger charge is -2.41. The van der Waals surface area contributed by atoms with Gasteiger partial charge in [-0.05, 0) is 42.6 Å². The first-order valence-corrected chi connectivity index (χ1v) is 8.68. The third kappa shape index (κ3) is 2.15. The molecule has 0 fully saturated rings. The van der Waals surface area contributed by atoms with Gasteiger partial charge in [-0.25, -0.2) is 0 Å². The van der Waals surface area contributed by atoms with Crippen molar-refractivity contribution in [3.05, 3.63) is 28.8 Å². The largest absolute Gasteiger partial charge is 0.504 e. The predicted octanol–water partition coefficient (Wildman–Crippen LogP) is 2.75. The van der Waals surface area contributed by atoms with E-state index in [1.807, 2.05) is 0 Å². The van der Waals surface area contributed by atoms with Crippen LogP contribution in [0.15, 0.2) is 12.1 Å². The summed E-state index contributed by atoms with van der Waals surface area (Å²) in [6.07, 6.45) is 1.66. The van der Waals surface area contributed by atoms with Crippen molar-refractivity contribution < 1.29 is 19.3 Å². The third-order valence-electron chi connectivity index (χ3n) is 5.67. The fraction of sp³-hybridized carbons (Fsp3) is 0.400. The Kier molecular flexibility index (Phi) is 3.88. The van der Waals surface area contributed by atoms with Crippen molar-refractivity contribution >= 4 is 5.69 Å². The number of nitrogens with zero attached hydrogens (tertiary/aromatic N) is 1. The van der Waals surface area contributed by atoms with E-state index in [1.54, 1.807) is 20.3 Å². The molecule has 138 valence electrons. The van der Waals surface area contributed by atoms with Gasteiger partial charge in [-0.1, -0.05) is 0 Å². The Bertz CT molecular complexity index is 894. The fourth-order valence-corrected chi connectivity index (χ4v) is 4.37. The molecule has 1 unspecified atom stereocenters. The molecule has 0 amide bonds. The molecular formula is C20H24N2O4. The Labute approximate surface area is 153 Å². The van der Waals surface area contributed by atoms with Gasteiger partial charge in [0, 0.05) is 35.5 Å². The number of nitrogen functional groups attached to an aromatic ring is 1. The summed E-state index contributed by atoms with van der Waals surface area (Å²) < 4.78 is 16.7. The number of aromatic hydroxyl groups is 1. The van der Waals surface area contributed by atoms with E-state index in [0.717, 1.165) is 30.5 Å². The number of phenolic OH excluding ortho intramolecular Hbond substituents is 1. The SMILES string of the molecule is COc1cc(N)c2c(c1O)-c1c(OC)c(OC)cc3c1C(C2)N(C)CC3. The number of ether oxygens (including phenoxy) is 3. The zero-order valence-corrected chi connectivity index (χ0v) is 15.5. The van der Waals surface area contributed by atoms with E-state index in [0.29, 0.717) is 28.5 Å². The van der Waals surface area contributed by atoms with Crippen LogP contribution in [0.1, 0.15) is 22.7 Å². The van der Waals surface area contributed by atoms with Gasteiger partial charge in [0.2, 0.25) is 0 Å². The molecule has 0 aromatic heterocycles. The van der Waals surface area contributed by atoms with Crippen molar-refractivity contribution in [1.82, 2.24) is 4.90 Å². The number of anilines is 1. The van der Waals surface area contributed by atoms with Gasteiger partial charge < -0.3 is 25.1 Å². The molecule has 0 radical (unpaired) electrons. The van der Waals surface area contributed by atoms with Gasteiger partial charge in [0.25, 0.3) is 0 Å². The van der Waals surface area contributed by atoms with E-state index < -0.39 is 0 Å². The molecule has 1 aliphatic heterocycles. The van der Waals surface area contributed by atoms with E-state index in [1.165, 1.54) is 18.2 Å². The van der Waals surface area contributed by atoms with Gasteiger partial charge in [0.1, 0.15) is 0 Å². The van der Waals surface area contributed by atoms with Crippen LogP contribution in [-0.2, 0) is 12.8 Å². The minimum absolute atomic E-state index is 0.0946. The number of hydrogen-bond acceptors (Lipinski definition) is 6. The molecule has 4 rings (SSSR count). The maximum absolute atomic E-state index is 10.9. The quantitative estimate of drug-likeness (QED) is 0.650. The number of benzene rings is 2. The van der Waals surface area contributed by atoms with E-state index in [4.69, 9.17) is 19.9 Å². The molecule has 26 heavy (non-hydrogen) atoms. The number of phenols is 1. The first-order chi connectivity index (χ1) is 12.5. The summed E-state index contributed by atoms with van der Waals surface area (Å²) in [6.45, 7) is 0.962. The van der Waals surface area contributed by atoms with Gasteiger partial charge in [-0.2, -0.15) is 0 Å². The average Bonchev–Trinajstić information content (AvgIpc) is 2.66. The van der Waals surface area contributed by atoms with Crippen molar-refractivity contribution in [3.8, 4) is 34.1 Å². The normalized spacial score (nSPS) is 18.1. The molecule has 1 aliphatic carbocycles. The molecule has 1 atom stereocenters. The first kappa shape index (κ1) is 16.8. The van der Waals surface area contributed by atoms with Crippen molar-refractivity contribution in [3.63, 3.8) is 0 Å². The molecule has 0 spiro atoms. The van der Waals surface area contributed by atoms with Crippen LogP contribution < -0.4 is 19.9 Å². The van der Waals surface area contributed by atoms with Crippen LogP contribution in [0.25, 0.3) is 11.1 Å². The Morgan fingerprint density at radius 2 is 1.81 bits per heavy atom. The van der Waals surface area contributed by atoms with Crippen molar-refractivity contribution in [2.75, 3.05) is 40.7 Å². The van der Waals surface area contributed by atoms with Crippen LogP contribution in [0.5, 0.6) is 23.0 Å². The summed E-state index contributed by atoms with van der Waals surface area (Å²) in [5.41, 5.74) is 11.9. The van der Waals surface area contributed by atoms with Crippen molar-refractivity contribution in [2.45, 2.75) is 18.9 Å². The summed E-state index contributed by atoms with van der Waals surface area (Å²) in [6, 6.07) is 3.94. The van der Waals surface area contributed by atoms with E-state index in [-0.39, 0.29) is 11.8 Å². The summed E-state index contributed by atoms with van der Waals surface area (Å²) in [4.78, 5) is 2.33. The molecule has 2 aliphatic rings. The van der Waals surface area contributed by atoms with Crippen LogP contribution in [0.4, 0.5) is 5.69 Å². The number of nitrogens with two attached hydrogens (primary N) is 1. The molecular weight excluding hydrogens is 332 g/mol. The monoisotopic (exact) mass is 356 g/mol. The van der Waals surface area contributed by atoms with Crippen LogP contribution in [0.2, 0.25) is 0 Å². The van der Waals surface area contributed by atoms with Crippen LogP contribution >= 0.6 is 0 Å². The average molecular weight is 356 g/mol. The molecule has 2 aromatic carbocycles. The van der Waals surface area contributed by atoms with Crippen LogP contribution in [0, 0.1) is 0 Å². The van der Waals surface area contributed by atoms with Crippen LogP contribution in [0.3, 0.4) is 0 Å². The molecule has 0 saturated heterocycles. The lowest BCUT2D eigenvalue weighted by Crippen LogP contribution is -2.36.